The van der Waals surface area contributed by atoms with Gasteiger partial charge in [0.25, 0.3) is 5.91 Å². The number of nitrogens with zero attached hydrogens (tertiary/aromatic N) is 1. The van der Waals surface area contributed by atoms with Gasteiger partial charge in [-0.2, -0.15) is 0 Å². The van der Waals surface area contributed by atoms with Gasteiger partial charge in [0.1, 0.15) is 0 Å². The lowest BCUT2D eigenvalue weighted by Crippen LogP contribution is -2.65. The molecular weight excluding hydrogens is 386 g/mol. The van der Waals surface area contributed by atoms with Crippen molar-refractivity contribution in [2.24, 2.45) is 23.2 Å². The quantitative estimate of drug-likeness (QED) is 0.510. The zero-order chi connectivity index (χ0) is 22.0. The van der Waals surface area contributed by atoms with E-state index < -0.39 is 5.54 Å². The maximum atomic E-state index is 13.6. The Morgan fingerprint density at radius 1 is 1.10 bits per heavy atom. The van der Waals surface area contributed by atoms with Crippen molar-refractivity contribution in [2.75, 3.05) is 0 Å². The van der Waals surface area contributed by atoms with Crippen LogP contribution in [0, 0.1) is 30.1 Å². The first-order chi connectivity index (χ1) is 14.8. The highest BCUT2D eigenvalue weighted by Crippen LogP contribution is 2.61. The standard InChI is InChI=1S/C27H35NO3/c1-17-6-4-5-7-20(17)25(31)28-24(30)11-10-23-21-9-8-18-16-19(29)12-14-26(18,2)22(21)13-15-27(23,28)3/h4-8,19,21-23,29H,9-16H2,1-3H3/t19-,21+,22-,23-,26-,27-/m0/s1. The molecule has 1 heterocycles. The van der Waals surface area contributed by atoms with E-state index in [-0.39, 0.29) is 23.3 Å². The van der Waals surface area contributed by atoms with Gasteiger partial charge in [0.05, 0.1) is 11.6 Å². The highest BCUT2D eigenvalue weighted by atomic mass is 16.3. The lowest BCUT2D eigenvalue weighted by molar-refractivity contribution is -0.150. The van der Waals surface area contributed by atoms with Crippen molar-refractivity contribution >= 4 is 11.8 Å². The average molecular weight is 422 g/mol. The van der Waals surface area contributed by atoms with Gasteiger partial charge in [0.15, 0.2) is 0 Å². The van der Waals surface area contributed by atoms with Crippen LogP contribution < -0.4 is 0 Å². The Hall–Kier alpha value is -1.94. The van der Waals surface area contributed by atoms with E-state index in [9.17, 15) is 14.7 Å². The van der Waals surface area contributed by atoms with Gasteiger partial charge in [-0.1, -0.05) is 36.8 Å². The number of aliphatic hydroxyl groups is 1. The van der Waals surface area contributed by atoms with Crippen LogP contribution in [0.5, 0.6) is 0 Å². The number of hydrogen-bond acceptors (Lipinski definition) is 3. The fraction of sp³-hybridized carbons (Fsp3) is 0.630. The molecule has 4 heteroatoms. The fourth-order valence-corrected chi connectivity index (χ4v) is 7.70. The van der Waals surface area contributed by atoms with E-state index in [2.05, 4.69) is 19.9 Å². The molecule has 4 aliphatic rings. The SMILES string of the molecule is Cc1ccccc1C(=O)N1C(=O)CC[C@H]2[C@@H]3CC=C4C[C@@H](O)CC[C@]4(C)[C@H]3CC[C@@]21C. The highest BCUT2D eigenvalue weighted by molar-refractivity contribution is 6.06. The summed E-state index contributed by atoms with van der Waals surface area (Å²) in [5, 5.41) is 10.2. The summed E-state index contributed by atoms with van der Waals surface area (Å²) >= 11 is 0. The number of aliphatic hydroxyl groups excluding tert-OH is 1. The van der Waals surface area contributed by atoms with Gasteiger partial charge in [-0.25, -0.2) is 0 Å². The van der Waals surface area contributed by atoms with Gasteiger partial charge in [0.2, 0.25) is 5.91 Å². The van der Waals surface area contributed by atoms with Crippen LogP contribution in [0.3, 0.4) is 0 Å². The van der Waals surface area contributed by atoms with E-state index in [0.29, 0.717) is 29.7 Å². The number of amides is 2. The molecule has 2 amide bonds. The van der Waals surface area contributed by atoms with Crippen LogP contribution in [0.4, 0.5) is 0 Å². The van der Waals surface area contributed by atoms with Crippen LogP contribution in [-0.2, 0) is 4.79 Å². The molecule has 6 atom stereocenters. The Labute approximate surface area is 185 Å². The molecule has 0 bridgehead atoms. The van der Waals surface area contributed by atoms with E-state index in [1.807, 2.05) is 31.2 Å². The Morgan fingerprint density at radius 3 is 2.65 bits per heavy atom. The first kappa shape index (κ1) is 20.9. The average Bonchev–Trinajstić information content (AvgIpc) is 2.73. The summed E-state index contributed by atoms with van der Waals surface area (Å²) < 4.78 is 0. The van der Waals surface area contributed by atoms with Crippen molar-refractivity contribution in [1.29, 1.82) is 0 Å². The monoisotopic (exact) mass is 421 g/mol. The number of aryl methyl sites for hydroxylation is 1. The van der Waals surface area contributed by atoms with Crippen LogP contribution >= 0.6 is 0 Å². The Kier molecular flexibility index (Phi) is 4.93. The molecule has 3 aliphatic carbocycles. The number of allylic oxidation sites excluding steroid dienone is 1. The number of likely N-dealkylation sites (tertiary alicyclic amines) is 1. The summed E-state index contributed by atoms with van der Waals surface area (Å²) in [5.74, 6) is 1.31. The summed E-state index contributed by atoms with van der Waals surface area (Å²) in [6.45, 7) is 6.53. The predicted octanol–water partition coefficient (Wildman–Crippen LogP) is 5.04. The molecule has 0 unspecified atom stereocenters. The lowest BCUT2D eigenvalue weighted by atomic mass is 9.48. The van der Waals surface area contributed by atoms with Gasteiger partial charge < -0.3 is 5.11 Å². The molecule has 1 N–H and O–H groups in total. The van der Waals surface area contributed by atoms with Crippen molar-refractivity contribution in [1.82, 2.24) is 4.90 Å². The Morgan fingerprint density at radius 2 is 1.87 bits per heavy atom. The second kappa shape index (κ2) is 7.30. The van der Waals surface area contributed by atoms with Crippen LogP contribution in [0.25, 0.3) is 0 Å². The van der Waals surface area contributed by atoms with Gasteiger partial charge in [-0.15, -0.1) is 0 Å². The minimum absolute atomic E-state index is 0.00973. The van der Waals surface area contributed by atoms with E-state index in [1.165, 1.54) is 5.57 Å². The summed E-state index contributed by atoms with van der Waals surface area (Å²) in [6.07, 6.45) is 9.26. The molecule has 5 rings (SSSR count). The topological polar surface area (TPSA) is 57.6 Å². The summed E-state index contributed by atoms with van der Waals surface area (Å²) in [4.78, 5) is 28.4. The first-order valence-electron chi connectivity index (χ1n) is 12.1. The second-order valence-corrected chi connectivity index (χ2v) is 10.9. The van der Waals surface area contributed by atoms with E-state index in [0.717, 1.165) is 50.5 Å². The third-order valence-corrected chi connectivity index (χ3v) is 9.44. The number of benzene rings is 1. The highest BCUT2D eigenvalue weighted by Gasteiger charge is 2.59. The molecule has 1 saturated heterocycles. The summed E-state index contributed by atoms with van der Waals surface area (Å²) in [7, 11) is 0. The maximum Gasteiger partial charge on any atom is 0.261 e. The van der Waals surface area contributed by atoms with Crippen LogP contribution in [0.2, 0.25) is 0 Å². The molecule has 31 heavy (non-hydrogen) atoms. The van der Waals surface area contributed by atoms with Crippen LogP contribution in [-0.4, -0.2) is 33.5 Å². The number of imide groups is 1. The zero-order valence-corrected chi connectivity index (χ0v) is 19.1. The minimum Gasteiger partial charge on any atom is -0.393 e. The van der Waals surface area contributed by atoms with Crippen molar-refractivity contribution in [2.45, 2.75) is 83.8 Å². The van der Waals surface area contributed by atoms with Crippen molar-refractivity contribution in [3.8, 4) is 0 Å². The maximum absolute atomic E-state index is 13.6. The first-order valence-corrected chi connectivity index (χ1v) is 12.1. The van der Waals surface area contributed by atoms with Gasteiger partial charge >= 0.3 is 0 Å². The molecular formula is C27H35NO3. The molecule has 1 aromatic carbocycles. The normalized spacial score (nSPS) is 39.8. The molecule has 4 nitrogen and oxygen atoms in total. The summed E-state index contributed by atoms with van der Waals surface area (Å²) in [5.41, 5.74) is 2.79. The number of carbonyl (C=O) groups excluding carboxylic acids is 2. The van der Waals surface area contributed by atoms with E-state index in [1.54, 1.807) is 4.90 Å². The minimum atomic E-state index is -0.411. The van der Waals surface area contributed by atoms with Crippen molar-refractivity contribution in [3.05, 3.63) is 47.0 Å². The van der Waals surface area contributed by atoms with Crippen molar-refractivity contribution < 1.29 is 14.7 Å². The number of carbonyl (C=O) groups is 2. The molecule has 0 radical (unpaired) electrons. The zero-order valence-electron chi connectivity index (χ0n) is 19.1. The molecule has 1 aliphatic heterocycles. The van der Waals surface area contributed by atoms with Gasteiger partial charge in [0, 0.05) is 12.0 Å². The predicted molar refractivity (Wildman–Crippen MR) is 120 cm³/mol. The Balaban J connectivity index is 1.50. The molecule has 0 spiro atoms. The number of fused-ring (bicyclic) bond motifs is 5. The lowest BCUT2D eigenvalue weighted by Gasteiger charge is -2.61. The van der Waals surface area contributed by atoms with E-state index in [4.69, 9.17) is 0 Å². The van der Waals surface area contributed by atoms with Gasteiger partial charge in [-0.05, 0) is 93.6 Å². The number of piperidine rings is 1. The molecule has 1 aromatic rings. The largest absolute Gasteiger partial charge is 0.393 e. The summed E-state index contributed by atoms with van der Waals surface area (Å²) in [6, 6.07) is 7.63. The smallest absolute Gasteiger partial charge is 0.261 e. The fourth-order valence-electron chi connectivity index (χ4n) is 7.70. The molecule has 0 aromatic heterocycles. The number of hydrogen-bond donors (Lipinski definition) is 1. The molecule has 2 saturated carbocycles. The number of rotatable bonds is 1. The third-order valence-electron chi connectivity index (χ3n) is 9.44. The Bertz CT molecular complexity index is 952. The van der Waals surface area contributed by atoms with E-state index >= 15 is 0 Å². The second-order valence-electron chi connectivity index (χ2n) is 10.9. The molecule has 166 valence electrons. The molecule has 3 fully saturated rings. The van der Waals surface area contributed by atoms with Crippen molar-refractivity contribution in [3.63, 3.8) is 0 Å². The third kappa shape index (κ3) is 3.05. The van der Waals surface area contributed by atoms with Crippen LogP contribution in [0.1, 0.15) is 81.1 Å². The van der Waals surface area contributed by atoms with Gasteiger partial charge in [-0.3, -0.25) is 14.5 Å². The van der Waals surface area contributed by atoms with Crippen LogP contribution in [0.15, 0.2) is 35.9 Å².